The lowest BCUT2D eigenvalue weighted by atomic mass is 10.0. The van der Waals surface area contributed by atoms with E-state index in [0.29, 0.717) is 6.04 Å². The Morgan fingerprint density at radius 1 is 1.33 bits per heavy atom. The Hall–Kier alpha value is -0.0800. The molecule has 2 N–H and O–H groups in total. The molecule has 2 nitrogen and oxygen atoms in total. The van der Waals surface area contributed by atoms with Gasteiger partial charge in [-0.25, -0.2) is 0 Å². The Kier molecular flexibility index (Phi) is 2.79. The lowest BCUT2D eigenvalue weighted by molar-refractivity contribution is 0.192. The molecule has 0 saturated heterocycles. The van der Waals surface area contributed by atoms with E-state index in [9.17, 15) is 0 Å². The van der Waals surface area contributed by atoms with Crippen molar-refractivity contribution in [2.45, 2.75) is 45.2 Å². The highest BCUT2D eigenvalue weighted by Gasteiger charge is 2.39. The molecule has 1 aliphatic rings. The highest BCUT2D eigenvalue weighted by Crippen LogP contribution is 2.33. The van der Waals surface area contributed by atoms with Crippen LogP contribution >= 0.6 is 0 Å². The second kappa shape index (κ2) is 3.35. The van der Waals surface area contributed by atoms with Gasteiger partial charge in [0, 0.05) is 18.1 Å². The van der Waals surface area contributed by atoms with Crippen LogP contribution in [0.4, 0.5) is 0 Å². The van der Waals surface area contributed by atoms with Crippen molar-refractivity contribution in [3.05, 3.63) is 0 Å². The van der Waals surface area contributed by atoms with Gasteiger partial charge in [-0.1, -0.05) is 13.8 Å². The number of hydrogen-bond acceptors (Lipinski definition) is 2. The van der Waals surface area contributed by atoms with E-state index >= 15 is 0 Å². The third-order valence-corrected chi connectivity index (χ3v) is 3.12. The number of likely N-dealkylation sites (N-methyl/N-ethyl adjacent to an activating group) is 1. The minimum absolute atomic E-state index is 0.165. The maximum absolute atomic E-state index is 6.04. The van der Waals surface area contributed by atoms with E-state index in [1.54, 1.807) is 0 Å². The largest absolute Gasteiger partial charge is 0.324 e. The van der Waals surface area contributed by atoms with Gasteiger partial charge in [-0.05, 0) is 32.7 Å². The molecule has 0 aromatic carbocycles. The molecule has 0 aliphatic heterocycles. The number of nitrogens with zero attached hydrogens (tertiary/aromatic N) is 1. The van der Waals surface area contributed by atoms with Crippen LogP contribution in [0.25, 0.3) is 0 Å². The molecular weight excluding hydrogens is 148 g/mol. The van der Waals surface area contributed by atoms with E-state index in [-0.39, 0.29) is 5.54 Å². The summed E-state index contributed by atoms with van der Waals surface area (Å²) in [7, 11) is 2.18. The summed E-state index contributed by atoms with van der Waals surface area (Å²) in [6.07, 6.45) is 2.42. The lowest BCUT2D eigenvalue weighted by Gasteiger charge is -2.30. The minimum Gasteiger partial charge on any atom is -0.324 e. The number of hydrogen-bond donors (Lipinski definition) is 1. The van der Waals surface area contributed by atoms with E-state index in [1.165, 1.54) is 12.8 Å². The maximum atomic E-state index is 6.04. The predicted molar refractivity (Wildman–Crippen MR) is 53.1 cm³/mol. The summed E-state index contributed by atoms with van der Waals surface area (Å²) < 4.78 is 0. The molecule has 0 aromatic heterocycles. The maximum Gasteiger partial charge on any atom is 0.0284 e. The zero-order valence-electron chi connectivity index (χ0n) is 8.80. The molecule has 0 heterocycles. The standard InChI is InChI=1S/C10H22N2/c1-8(2)9(3)12(4)7-10(11)5-6-10/h8-9H,5-7,11H2,1-4H3. The van der Waals surface area contributed by atoms with Gasteiger partial charge in [-0.3, -0.25) is 0 Å². The first-order valence-electron chi connectivity index (χ1n) is 4.94. The van der Waals surface area contributed by atoms with Crippen molar-refractivity contribution >= 4 is 0 Å². The Labute approximate surface area is 76.1 Å². The Bertz CT molecular complexity index is 150. The molecule has 1 saturated carbocycles. The van der Waals surface area contributed by atoms with Crippen molar-refractivity contribution < 1.29 is 0 Å². The van der Waals surface area contributed by atoms with Crippen LogP contribution in [0, 0.1) is 5.92 Å². The van der Waals surface area contributed by atoms with Gasteiger partial charge in [0.25, 0.3) is 0 Å². The molecule has 1 aliphatic carbocycles. The van der Waals surface area contributed by atoms with Gasteiger partial charge in [0.1, 0.15) is 0 Å². The molecule has 0 radical (unpaired) electrons. The zero-order valence-corrected chi connectivity index (χ0v) is 8.80. The molecule has 1 atom stereocenters. The fourth-order valence-electron chi connectivity index (χ4n) is 1.47. The quantitative estimate of drug-likeness (QED) is 0.692. The number of nitrogens with two attached hydrogens (primary N) is 1. The van der Waals surface area contributed by atoms with Crippen molar-refractivity contribution in [1.82, 2.24) is 4.90 Å². The Morgan fingerprint density at radius 3 is 2.17 bits per heavy atom. The predicted octanol–water partition coefficient (Wildman–Crippen LogP) is 1.45. The lowest BCUT2D eigenvalue weighted by Crippen LogP contribution is -2.43. The van der Waals surface area contributed by atoms with Crippen LogP contribution in [-0.2, 0) is 0 Å². The van der Waals surface area contributed by atoms with Crippen LogP contribution in [0.3, 0.4) is 0 Å². The third-order valence-electron chi connectivity index (χ3n) is 3.12. The van der Waals surface area contributed by atoms with Crippen LogP contribution < -0.4 is 5.73 Å². The Morgan fingerprint density at radius 2 is 1.83 bits per heavy atom. The van der Waals surface area contributed by atoms with Gasteiger partial charge in [0.2, 0.25) is 0 Å². The molecule has 72 valence electrons. The van der Waals surface area contributed by atoms with Crippen molar-refractivity contribution in [2.24, 2.45) is 11.7 Å². The molecule has 2 heteroatoms. The summed E-state index contributed by atoms with van der Waals surface area (Å²) >= 11 is 0. The van der Waals surface area contributed by atoms with Crippen LogP contribution in [0.1, 0.15) is 33.6 Å². The highest BCUT2D eigenvalue weighted by atomic mass is 15.2. The molecule has 1 unspecified atom stereocenters. The summed E-state index contributed by atoms with van der Waals surface area (Å²) in [6.45, 7) is 7.86. The second-order valence-corrected chi connectivity index (χ2v) is 4.76. The van der Waals surface area contributed by atoms with E-state index < -0.39 is 0 Å². The van der Waals surface area contributed by atoms with Gasteiger partial charge in [-0.15, -0.1) is 0 Å². The van der Waals surface area contributed by atoms with E-state index in [0.717, 1.165) is 12.5 Å². The molecular formula is C10H22N2. The molecule has 0 spiro atoms. The van der Waals surface area contributed by atoms with Gasteiger partial charge >= 0.3 is 0 Å². The summed E-state index contributed by atoms with van der Waals surface area (Å²) in [6, 6.07) is 0.644. The van der Waals surface area contributed by atoms with E-state index in [2.05, 4.69) is 32.7 Å². The van der Waals surface area contributed by atoms with Crippen LogP contribution in [-0.4, -0.2) is 30.1 Å². The van der Waals surface area contributed by atoms with Gasteiger partial charge < -0.3 is 10.6 Å². The molecule has 1 rings (SSSR count). The summed E-state index contributed by atoms with van der Waals surface area (Å²) in [4.78, 5) is 2.39. The van der Waals surface area contributed by atoms with E-state index in [1.807, 2.05) is 0 Å². The van der Waals surface area contributed by atoms with Crippen molar-refractivity contribution in [3.8, 4) is 0 Å². The summed E-state index contributed by atoms with van der Waals surface area (Å²) in [5.41, 5.74) is 6.21. The number of rotatable bonds is 4. The van der Waals surface area contributed by atoms with Crippen molar-refractivity contribution in [3.63, 3.8) is 0 Å². The smallest absolute Gasteiger partial charge is 0.0284 e. The van der Waals surface area contributed by atoms with Gasteiger partial charge in [-0.2, -0.15) is 0 Å². The zero-order chi connectivity index (χ0) is 9.35. The fraction of sp³-hybridized carbons (Fsp3) is 1.00. The topological polar surface area (TPSA) is 29.3 Å². The SMILES string of the molecule is CC(C)C(C)N(C)CC1(N)CC1. The van der Waals surface area contributed by atoms with E-state index in [4.69, 9.17) is 5.73 Å². The van der Waals surface area contributed by atoms with Crippen molar-refractivity contribution in [1.29, 1.82) is 0 Å². The average molecular weight is 170 g/mol. The first kappa shape index (κ1) is 10.0. The molecule has 1 fully saturated rings. The molecule has 0 aromatic rings. The Balaban J connectivity index is 2.31. The highest BCUT2D eigenvalue weighted by molar-refractivity contribution is 5.01. The first-order chi connectivity index (χ1) is 5.44. The van der Waals surface area contributed by atoms with Gasteiger partial charge in [0.15, 0.2) is 0 Å². The average Bonchev–Trinajstić information content (AvgIpc) is 2.66. The monoisotopic (exact) mass is 170 g/mol. The van der Waals surface area contributed by atoms with Gasteiger partial charge in [0.05, 0.1) is 0 Å². The summed E-state index contributed by atoms with van der Waals surface area (Å²) in [5.74, 6) is 0.720. The summed E-state index contributed by atoms with van der Waals surface area (Å²) in [5, 5.41) is 0. The minimum atomic E-state index is 0.165. The molecule has 0 bridgehead atoms. The fourth-order valence-corrected chi connectivity index (χ4v) is 1.47. The van der Waals surface area contributed by atoms with Crippen LogP contribution in [0.15, 0.2) is 0 Å². The molecule has 0 amide bonds. The van der Waals surface area contributed by atoms with Crippen LogP contribution in [0.5, 0.6) is 0 Å². The second-order valence-electron chi connectivity index (χ2n) is 4.76. The van der Waals surface area contributed by atoms with Crippen molar-refractivity contribution in [2.75, 3.05) is 13.6 Å². The molecule has 12 heavy (non-hydrogen) atoms. The van der Waals surface area contributed by atoms with Crippen LogP contribution in [0.2, 0.25) is 0 Å². The normalized spacial score (nSPS) is 23.2. The third kappa shape index (κ3) is 2.46. The first-order valence-corrected chi connectivity index (χ1v) is 4.94.